The number of nitro benzene ring substituents is 1. The Balaban J connectivity index is 2.16. The van der Waals surface area contributed by atoms with E-state index in [1.54, 1.807) is 30.3 Å². The number of carbonyl (C=O) groups is 1. The van der Waals surface area contributed by atoms with E-state index >= 15 is 0 Å². The average molecular weight is 400 g/mol. The number of anilines is 1. The summed E-state index contributed by atoms with van der Waals surface area (Å²) in [7, 11) is -4.37. The van der Waals surface area contributed by atoms with E-state index in [-0.39, 0.29) is 12.2 Å². The van der Waals surface area contributed by atoms with E-state index in [2.05, 4.69) is 0 Å². The van der Waals surface area contributed by atoms with Crippen LogP contribution in [0.2, 0.25) is 0 Å². The number of aliphatic carboxylic acids is 1. The molecule has 3 rings (SSSR count). The van der Waals surface area contributed by atoms with Crippen molar-refractivity contribution in [2.24, 2.45) is 0 Å². The number of carboxylic acid groups (broad SMARTS) is 1. The van der Waals surface area contributed by atoms with Gasteiger partial charge in [-0.25, -0.2) is 8.42 Å². The molecule has 0 amide bonds. The van der Waals surface area contributed by atoms with Gasteiger partial charge in [-0.1, -0.05) is 42.5 Å². The van der Waals surface area contributed by atoms with E-state index in [0.29, 0.717) is 0 Å². The predicted molar refractivity (Wildman–Crippen MR) is 104 cm³/mol. The van der Waals surface area contributed by atoms with Crippen LogP contribution in [0.1, 0.15) is 6.42 Å². The topological polar surface area (TPSA) is 118 Å². The highest BCUT2D eigenvalue weighted by Gasteiger charge is 2.32. The fraction of sp³-hybridized carbons (Fsp3) is 0.105. The van der Waals surface area contributed by atoms with Crippen molar-refractivity contribution >= 4 is 38.1 Å². The fourth-order valence-electron chi connectivity index (χ4n) is 2.86. The molecule has 0 saturated heterocycles. The summed E-state index contributed by atoms with van der Waals surface area (Å²) in [6.45, 7) is -0.359. The third kappa shape index (κ3) is 3.79. The van der Waals surface area contributed by atoms with Crippen molar-refractivity contribution in [1.29, 1.82) is 0 Å². The van der Waals surface area contributed by atoms with Gasteiger partial charge in [0.05, 0.1) is 17.0 Å². The van der Waals surface area contributed by atoms with Crippen LogP contribution < -0.4 is 4.31 Å². The maximum atomic E-state index is 13.2. The van der Waals surface area contributed by atoms with Gasteiger partial charge in [0.2, 0.25) is 0 Å². The molecular formula is C19H16N2O6S. The third-order valence-electron chi connectivity index (χ3n) is 4.18. The minimum atomic E-state index is -4.37. The maximum absolute atomic E-state index is 13.2. The number of para-hydroxylation sites is 1. The second kappa shape index (κ2) is 7.65. The molecule has 28 heavy (non-hydrogen) atoms. The van der Waals surface area contributed by atoms with Gasteiger partial charge in [-0.05, 0) is 29.0 Å². The van der Waals surface area contributed by atoms with E-state index < -0.39 is 37.9 Å². The first-order valence-electron chi connectivity index (χ1n) is 8.27. The first kappa shape index (κ1) is 19.3. The van der Waals surface area contributed by atoms with Crippen LogP contribution >= 0.6 is 0 Å². The van der Waals surface area contributed by atoms with Gasteiger partial charge in [-0.15, -0.1) is 0 Å². The summed E-state index contributed by atoms with van der Waals surface area (Å²) >= 11 is 0. The normalized spacial score (nSPS) is 11.3. The van der Waals surface area contributed by atoms with Gasteiger partial charge in [0.1, 0.15) is 0 Å². The van der Waals surface area contributed by atoms with E-state index in [1.165, 1.54) is 12.1 Å². The molecule has 144 valence electrons. The van der Waals surface area contributed by atoms with Crippen molar-refractivity contribution < 1.29 is 23.2 Å². The maximum Gasteiger partial charge on any atom is 0.305 e. The first-order chi connectivity index (χ1) is 13.3. The molecule has 3 aromatic rings. The van der Waals surface area contributed by atoms with E-state index in [9.17, 15) is 23.3 Å². The Morgan fingerprint density at radius 2 is 1.64 bits per heavy atom. The Morgan fingerprint density at radius 1 is 1.00 bits per heavy atom. The quantitative estimate of drug-likeness (QED) is 0.480. The Bertz CT molecular complexity index is 1160. The minimum Gasteiger partial charge on any atom is -0.481 e. The third-order valence-corrected chi connectivity index (χ3v) is 6.05. The van der Waals surface area contributed by atoms with Crippen LogP contribution in [0.3, 0.4) is 0 Å². The van der Waals surface area contributed by atoms with Crippen molar-refractivity contribution in [3.63, 3.8) is 0 Å². The number of sulfonamides is 1. The molecule has 8 nitrogen and oxygen atoms in total. The van der Waals surface area contributed by atoms with Crippen LogP contribution in [0.5, 0.6) is 0 Å². The summed E-state index contributed by atoms with van der Waals surface area (Å²) in [5.41, 5.74) is -0.332. The molecule has 0 aromatic heterocycles. The largest absolute Gasteiger partial charge is 0.481 e. The lowest BCUT2D eigenvalue weighted by molar-refractivity contribution is -0.387. The second-order valence-electron chi connectivity index (χ2n) is 5.98. The molecule has 0 aliphatic heterocycles. The smallest absolute Gasteiger partial charge is 0.305 e. The molecule has 0 spiro atoms. The van der Waals surface area contributed by atoms with Crippen LogP contribution in [0.15, 0.2) is 71.6 Å². The van der Waals surface area contributed by atoms with E-state index in [4.69, 9.17) is 5.11 Å². The van der Waals surface area contributed by atoms with E-state index in [1.807, 2.05) is 12.1 Å². The monoisotopic (exact) mass is 400 g/mol. The average Bonchev–Trinajstić information content (AvgIpc) is 2.67. The van der Waals surface area contributed by atoms with Gasteiger partial charge < -0.3 is 5.11 Å². The van der Waals surface area contributed by atoms with Crippen LogP contribution in [0.4, 0.5) is 11.4 Å². The van der Waals surface area contributed by atoms with Crippen molar-refractivity contribution in [1.82, 2.24) is 0 Å². The van der Waals surface area contributed by atoms with Gasteiger partial charge in [0.15, 0.2) is 4.90 Å². The number of nitro groups is 1. The highest BCUT2D eigenvalue weighted by Crippen LogP contribution is 2.31. The standard InChI is InChI=1S/C19H16N2O6S/c22-19(23)11-12-20(16-10-9-14-5-1-2-6-15(14)13-16)28(26,27)18-8-4-3-7-17(18)21(24)25/h1-10,13H,11-12H2,(H,22,23). The van der Waals surface area contributed by atoms with Crippen LogP contribution in [0, 0.1) is 10.1 Å². The zero-order valence-electron chi connectivity index (χ0n) is 14.6. The zero-order valence-corrected chi connectivity index (χ0v) is 15.4. The predicted octanol–water partition coefficient (Wildman–Crippen LogP) is 3.42. The Hall–Kier alpha value is -3.46. The molecule has 0 saturated carbocycles. The molecule has 0 atom stereocenters. The lowest BCUT2D eigenvalue weighted by Gasteiger charge is -2.24. The zero-order chi connectivity index (χ0) is 20.3. The molecule has 0 fully saturated rings. The van der Waals surface area contributed by atoms with Crippen molar-refractivity contribution in [3.8, 4) is 0 Å². The summed E-state index contributed by atoms with van der Waals surface area (Å²) < 4.78 is 27.4. The minimum absolute atomic E-state index is 0.234. The van der Waals surface area contributed by atoms with Crippen LogP contribution in [0.25, 0.3) is 10.8 Å². The van der Waals surface area contributed by atoms with Crippen molar-refractivity contribution in [3.05, 3.63) is 76.8 Å². The number of fused-ring (bicyclic) bond motifs is 1. The molecule has 0 heterocycles. The number of benzene rings is 3. The van der Waals surface area contributed by atoms with Gasteiger partial charge in [0.25, 0.3) is 15.7 Å². The summed E-state index contributed by atoms with van der Waals surface area (Å²) in [5, 5.41) is 22.0. The van der Waals surface area contributed by atoms with Crippen molar-refractivity contribution in [2.75, 3.05) is 10.8 Å². The molecule has 9 heteroatoms. The first-order valence-corrected chi connectivity index (χ1v) is 9.71. The fourth-order valence-corrected chi connectivity index (χ4v) is 4.48. The Labute approximate surface area is 160 Å². The van der Waals surface area contributed by atoms with Crippen LogP contribution in [-0.2, 0) is 14.8 Å². The van der Waals surface area contributed by atoms with Gasteiger partial charge in [-0.3, -0.25) is 19.2 Å². The van der Waals surface area contributed by atoms with E-state index in [0.717, 1.165) is 27.2 Å². The Kier molecular flexibility index (Phi) is 5.27. The Morgan fingerprint density at radius 3 is 2.32 bits per heavy atom. The number of rotatable bonds is 7. The van der Waals surface area contributed by atoms with Crippen LogP contribution in [-0.4, -0.2) is 31.0 Å². The lowest BCUT2D eigenvalue weighted by Crippen LogP contribution is -2.33. The highest BCUT2D eigenvalue weighted by atomic mass is 32.2. The number of nitrogens with zero attached hydrogens (tertiary/aromatic N) is 2. The molecule has 0 aliphatic carbocycles. The highest BCUT2D eigenvalue weighted by molar-refractivity contribution is 7.93. The van der Waals surface area contributed by atoms with Crippen molar-refractivity contribution in [2.45, 2.75) is 11.3 Å². The summed E-state index contributed by atoms with van der Waals surface area (Å²) in [6, 6.07) is 17.2. The molecule has 0 aliphatic rings. The lowest BCUT2D eigenvalue weighted by atomic mass is 10.1. The summed E-state index contributed by atoms with van der Waals surface area (Å²) in [4.78, 5) is 21.1. The SMILES string of the molecule is O=C(O)CCN(c1ccc2ccccc2c1)S(=O)(=O)c1ccccc1[N+](=O)[O-]. The molecule has 1 N–H and O–H groups in total. The number of hydrogen-bond donors (Lipinski definition) is 1. The van der Waals surface area contributed by atoms with Gasteiger partial charge in [0, 0.05) is 12.6 Å². The number of hydrogen-bond acceptors (Lipinski definition) is 5. The second-order valence-corrected chi connectivity index (χ2v) is 7.81. The molecule has 0 unspecified atom stereocenters. The summed E-state index contributed by atoms with van der Waals surface area (Å²) in [5.74, 6) is -1.18. The molecule has 0 bridgehead atoms. The molecule has 0 radical (unpaired) electrons. The molecule has 3 aromatic carbocycles. The number of carboxylic acids is 1. The van der Waals surface area contributed by atoms with Gasteiger partial charge >= 0.3 is 5.97 Å². The summed E-state index contributed by atoms with van der Waals surface area (Å²) in [6.07, 6.45) is -0.452. The van der Waals surface area contributed by atoms with Gasteiger partial charge in [-0.2, -0.15) is 0 Å². The molecular weight excluding hydrogens is 384 g/mol.